The van der Waals surface area contributed by atoms with Gasteiger partial charge in [0, 0.05) is 13.2 Å². The molecule has 162 valence electrons. The molecule has 0 aromatic rings. The molecule has 0 rings (SSSR count). The zero-order chi connectivity index (χ0) is 20.2. The molecule has 0 N–H and O–H groups in total. The Morgan fingerprint density at radius 1 is 0.741 bits per heavy atom. The largest absolute Gasteiger partial charge is 0.391 e. The lowest BCUT2D eigenvalue weighted by molar-refractivity contribution is 0.150. The molecular formula is C24H50O2Si. The van der Waals surface area contributed by atoms with Crippen LogP contribution < -0.4 is 0 Å². The summed E-state index contributed by atoms with van der Waals surface area (Å²) < 4.78 is 12.4. The van der Waals surface area contributed by atoms with Gasteiger partial charge in [-0.15, -0.1) is 6.58 Å². The molecular weight excluding hydrogens is 348 g/mol. The molecule has 0 saturated heterocycles. The Balaban J connectivity index is 3.67. The number of unbranched alkanes of at least 4 members (excludes halogenated alkanes) is 11. The Morgan fingerprint density at radius 3 is 1.74 bits per heavy atom. The fourth-order valence-corrected chi connectivity index (χ4v) is 4.82. The van der Waals surface area contributed by atoms with Gasteiger partial charge in [0.2, 0.25) is 0 Å². The minimum absolute atomic E-state index is 0.669. The van der Waals surface area contributed by atoms with Crippen LogP contribution in [0.2, 0.25) is 6.55 Å². The summed E-state index contributed by atoms with van der Waals surface area (Å²) in [5.41, 5.74) is 1.96. The van der Waals surface area contributed by atoms with Gasteiger partial charge in [-0.05, 0) is 31.0 Å². The number of hydrogen-bond donors (Lipinski definition) is 0. The Kier molecular flexibility index (Phi) is 19.1. The van der Waals surface area contributed by atoms with Crippen LogP contribution in [0.1, 0.15) is 117 Å². The minimum atomic E-state index is -2.18. The first-order chi connectivity index (χ1) is 13.1. The van der Waals surface area contributed by atoms with Crippen LogP contribution in [0.4, 0.5) is 0 Å². The zero-order valence-corrected chi connectivity index (χ0v) is 20.2. The lowest BCUT2D eigenvalue weighted by Gasteiger charge is -2.26. The Bertz CT molecular complexity index is 322. The summed E-state index contributed by atoms with van der Waals surface area (Å²) >= 11 is 0. The molecule has 0 aromatic carbocycles. The number of hydrogen-bond acceptors (Lipinski definition) is 2. The summed E-state index contributed by atoms with van der Waals surface area (Å²) in [7, 11) is -2.18. The van der Waals surface area contributed by atoms with Crippen molar-refractivity contribution in [3.63, 3.8) is 0 Å². The van der Waals surface area contributed by atoms with Crippen LogP contribution in [-0.2, 0) is 8.85 Å². The van der Waals surface area contributed by atoms with Crippen molar-refractivity contribution >= 4 is 8.56 Å². The lowest BCUT2D eigenvalue weighted by atomic mass is 10.0. The highest BCUT2D eigenvalue weighted by Gasteiger charge is 2.28. The summed E-state index contributed by atoms with van der Waals surface area (Å²) in [5.74, 6) is 0.669. The monoisotopic (exact) mass is 398 g/mol. The molecule has 2 nitrogen and oxygen atoms in total. The molecule has 0 aromatic heterocycles. The average molecular weight is 399 g/mol. The van der Waals surface area contributed by atoms with E-state index in [4.69, 9.17) is 8.85 Å². The van der Waals surface area contributed by atoms with E-state index in [9.17, 15) is 0 Å². The van der Waals surface area contributed by atoms with E-state index in [0.29, 0.717) is 5.92 Å². The van der Waals surface area contributed by atoms with Gasteiger partial charge in [-0.3, -0.25) is 0 Å². The van der Waals surface area contributed by atoms with Crippen LogP contribution >= 0.6 is 0 Å². The summed E-state index contributed by atoms with van der Waals surface area (Å²) in [4.78, 5) is 0. The maximum atomic E-state index is 6.23. The smallest absolute Gasteiger partial charge is 0.361 e. The molecule has 3 heteroatoms. The highest BCUT2D eigenvalue weighted by molar-refractivity contribution is 6.71. The second-order valence-electron chi connectivity index (χ2n) is 8.33. The molecule has 0 aliphatic carbocycles. The van der Waals surface area contributed by atoms with Crippen molar-refractivity contribution in [1.29, 1.82) is 0 Å². The predicted octanol–water partition coefficient (Wildman–Crippen LogP) is 8.34. The first-order valence-electron chi connectivity index (χ1n) is 12.0. The SMILES string of the molecule is C=C[Si](C)(OCCCCCCCCCCCCC)OCC(CC)CCCC. The third-order valence-electron chi connectivity index (χ3n) is 5.66. The maximum absolute atomic E-state index is 6.23. The summed E-state index contributed by atoms with van der Waals surface area (Å²) in [6.07, 6.45) is 20.1. The Hall–Kier alpha value is -0.123. The second kappa shape index (κ2) is 19.2. The molecule has 2 atom stereocenters. The summed E-state index contributed by atoms with van der Waals surface area (Å²) in [6.45, 7) is 14.6. The predicted molar refractivity (Wildman–Crippen MR) is 123 cm³/mol. The van der Waals surface area contributed by atoms with Gasteiger partial charge in [-0.25, -0.2) is 0 Å². The van der Waals surface area contributed by atoms with E-state index in [1.54, 1.807) is 0 Å². The van der Waals surface area contributed by atoms with E-state index in [2.05, 4.69) is 33.9 Å². The topological polar surface area (TPSA) is 18.5 Å². The Labute approximate surface area is 172 Å². The van der Waals surface area contributed by atoms with E-state index >= 15 is 0 Å². The van der Waals surface area contributed by atoms with E-state index in [-0.39, 0.29) is 0 Å². The third-order valence-corrected chi connectivity index (χ3v) is 7.92. The van der Waals surface area contributed by atoms with E-state index < -0.39 is 8.56 Å². The lowest BCUT2D eigenvalue weighted by Crippen LogP contribution is -2.38. The first kappa shape index (κ1) is 26.9. The van der Waals surface area contributed by atoms with Crippen LogP contribution in [0.25, 0.3) is 0 Å². The minimum Gasteiger partial charge on any atom is -0.391 e. The quantitative estimate of drug-likeness (QED) is 0.143. The molecule has 0 fully saturated rings. The summed E-state index contributed by atoms with van der Waals surface area (Å²) in [6, 6.07) is 0. The molecule has 0 aliphatic heterocycles. The van der Waals surface area contributed by atoms with Crippen molar-refractivity contribution in [3.05, 3.63) is 12.3 Å². The van der Waals surface area contributed by atoms with Crippen LogP contribution in [0, 0.1) is 5.92 Å². The van der Waals surface area contributed by atoms with Crippen LogP contribution in [0.3, 0.4) is 0 Å². The third kappa shape index (κ3) is 16.5. The molecule has 0 radical (unpaired) electrons. The molecule has 27 heavy (non-hydrogen) atoms. The van der Waals surface area contributed by atoms with Gasteiger partial charge in [0.15, 0.2) is 0 Å². The standard InChI is InChI=1S/C24H50O2Si/c1-6-10-12-13-14-15-16-17-18-19-20-22-25-27(5,9-4)26-23-24(8-3)21-11-7-2/h9,24H,4,6-8,10-23H2,1-3,5H3. The summed E-state index contributed by atoms with van der Waals surface area (Å²) in [5, 5.41) is 0. The van der Waals surface area contributed by atoms with Crippen molar-refractivity contribution in [2.24, 2.45) is 5.92 Å². The van der Waals surface area contributed by atoms with Gasteiger partial charge in [0.05, 0.1) is 0 Å². The highest BCUT2D eigenvalue weighted by atomic mass is 28.4. The van der Waals surface area contributed by atoms with Crippen LogP contribution in [-0.4, -0.2) is 21.8 Å². The maximum Gasteiger partial charge on any atom is 0.361 e. The van der Waals surface area contributed by atoms with E-state index in [1.807, 2.05) is 5.70 Å². The first-order valence-corrected chi connectivity index (χ1v) is 14.4. The zero-order valence-electron chi connectivity index (χ0n) is 19.2. The molecule has 0 bridgehead atoms. The van der Waals surface area contributed by atoms with Crippen molar-refractivity contribution in [2.45, 2.75) is 124 Å². The van der Waals surface area contributed by atoms with Crippen molar-refractivity contribution in [1.82, 2.24) is 0 Å². The molecule has 0 amide bonds. The highest BCUT2D eigenvalue weighted by Crippen LogP contribution is 2.18. The van der Waals surface area contributed by atoms with Gasteiger partial charge in [-0.1, -0.05) is 104 Å². The molecule has 0 heterocycles. The average Bonchev–Trinajstić information content (AvgIpc) is 2.69. The van der Waals surface area contributed by atoms with Gasteiger partial charge >= 0.3 is 8.56 Å². The second-order valence-corrected chi connectivity index (χ2v) is 11.3. The molecule has 0 aliphatic rings. The van der Waals surface area contributed by atoms with Crippen molar-refractivity contribution in [3.8, 4) is 0 Å². The molecule has 0 spiro atoms. The van der Waals surface area contributed by atoms with Gasteiger partial charge < -0.3 is 8.85 Å². The molecule has 2 unspecified atom stereocenters. The normalized spacial score (nSPS) is 14.8. The van der Waals surface area contributed by atoms with E-state index in [0.717, 1.165) is 19.6 Å². The fourth-order valence-electron chi connectivity index (χ4n) is 3.38. The van der Waals surface area contributed by atoms with Gasteiger partial charge in [0.1, 0.15) is 0 Å². The van der Waals surface area contributed by atoms with Gasteiger partial charge in [0.25, 0.3) is 0 Å². The number of rotatable bonds is 21. The van der Waals surface area contributed by atoms with Gasteiger partial charge in [-0.2, -0.15) is 0 Å². The van der Waals surface area contributed by atoms with Crippen LogP contribution in [0.5, 0.6) is 0 Å². The fraction of sp³-hybridized carbons (Fsp3) is 0.917. The van der Waals surface area contributed by atoms with Crippen molar-refractivity contribution in [2.75, 3.05) is 13.2 Å². The van der Waals surface area contributed by atoms with Crippen molar-refractivity contribution < 1.29 is 8.85 Å². The van der Waals surface area contributed by atoms with Crippen LogP contribution in [0.15, 0.2) is 12.3 Å². The molecule has 0 saturated carbocycles. The Morgan fingerprint density at radius 2 is 1.26 bits per heavy atom. The van der Waals surface area contributed by atoms with E-state index in [1.165, 1.54) is 89.9 Å².